The van der Waals surface area contributed by atoms with Crippen molar-refractivity contribution in [2.75, 3.05) is 49.1 Å². The largest absolute Gasteiger partial charge is 0.353 e. The molecule has 2 aliphatic heterocycles. The Morgan fingerprint density at radius 2 is 1.89 bits per heavy atom. The number of fused-ring (bicyclic) bond motifs is 1. The first-order chi connectivity index (χ1) is 9.31. The highest BCUT2D eigenvalue weighted by atomic mass is 19.1. The summed E-state index contributed by atoms with van der Waals surface area (Å²) in [7, 11) is 0. The minimum Gasteiger partial charge on any atom is -0.353 e. The molecule has 1 aliphatic carbocycles. The van der Waals surface area contributed by atoms with Crippen LogP contribution in [-0.4, -0.2) is 49.2 Å². The van der Waals surface area contributed by atoms with Gasteiger partial charge in [-0.05, 0) is 18.3 Å². The molecule has 0 aromatic carbocycles. The monoisotopic (exact) mass is 263 g/mol. The first-order valence-electron chi connectivity index (χ1n) is 7.04. The Labute approximate surface area is 111 Å². The lowest BCUT2D eigenvalue weighted by Gasteiger charge is -2.28. The van der Waals surface area contributed by atoms with Crippen LogP contribution in [-0.2, 0) is 0 Å². The van der Waals surface area contributed by atoms with Crippen LogP contribution in [0.25, 0.3) is 0 Å². The van der Waals surface area contributed by atoms with Crippen LogP contribution < -0.4 is 15.1 Å². The van der Waals surface area contributed by atoms with Gasteiger partial charge in [-0.3, -0.25) is 0 Å². The molecule has 2 unspecified atom stereocenters. The van der Waals surface area contributed by atoms with Crippen molar-refractivity contribution in [3.8, 4) is 0 Å². The summed E-state index contributed by atoms with van der Waals surface area (Å²) in [5.74, 6) is 2.42. The third-order valence-corrected chi connectivity index (χ3v) is 4.39. The van der Waals surface area contributed by atoms with Gasteiger partial charge in [-0.1, -0.05) is 0 Å². The van der Waals surface area contributed by atoms with E-state index in [4.69, 9.17) is 0 Å². The van der Waals surface area contributed by atoms with Crippen LogP contribution in [0.2, 0.25) is 0 Å². The lowest BCUT2D eigenvalue weighted by molar-refractivity contribution is 0.570. The molecular formula is C13H18FN5. The first-order valence-corrected chi connectivity index (χ1v) is 7.04. The number of halogens is 1. The van der Waals surface area contributed by atoms with Crippen molar-refractivity contribution in [3.05, 3.63) is 12.0 Å². The van der Waals surface area contributed by atoms with E-state index in [1.165, 1.54) is 12.6 Å². The van der Waals surface area contributed by atoms with E-state index < -0.39 is 0 Å². The molecule has 0 bridgehead atoms. The Kier molecular flexibility index (Phi) is 2.58. The Hall–Kier alpha value is -1.43. The number of piperazine rings is 1. The molecule has 3 heterocycles. The Balaban J connectivity index is 1.59. The Bertz CT molecular complexity index is 478. The second kappa shape index (κ2) is 4.30. The quantitative estimate of drug-likeness (QED) is 0.841. The zero-order valence-electron chi connectivity index (χ0n) is 10.8. The average Bonchev–Trinajstić information content (AvgIpc) is 3.07. The molecule has 19 heavy (non-hydrogen) atoms. The van der Waals surface area contributed by atoms with Crippen LogP contribution in [0.3, 0.4) is 0 Å². The van der Waals surface area contributed by atoms with Gasteiger partial charge >= 0.3 is 0 Å². The summed E-state index contributed by atoms with van der Waals surface area (Å²) in [5.41, 5.74) is 0. The zero-order valence-corrected chi connectivity index (χ0v) is 10.8. The Morgan fingerprint density at radius 3 is 2.63 bits per heavy atom. The predicted molar refractivity (Wildman–Crippen MR) is 70.9 cm³/mol. The normalized spacial score (nSPS) is 29.5. The number of anilines is 2. The molecule has 1 aromatic heterocycles. The van der Waals surface area contributed by atoms with E-state index in [-0.39, 0.29) is 5.82 Å². The molecule has 0 amide bonds. The van der Waals surface area contributed by atoms with E-state index in [1.807, 2.05) is 0 Å². The summed E-state index contributed by atoms with van der Waals surface area (Å²) in [6.45, 7) is 5.56. The van der Waals surface area contributed by atoms with E-state index >= 15 is 0 Å². The smallest absolute Gasteiger partial charge is 0.227 e. The minimum atomic E-state index is -0.291. The van der Waals surface area contributed by atoms with Crippen molar-refractivity contribution in [2.24, 2.45) is 11.8 Å². The summed E-state index contributed by atoms with van der Waals surface area (Å²) >= 11 is 0. The highest BCUT2D eigenvalue weighted by molar-refractivity contribution is 5.47. The molecule has 3 fully saturated rings. The number of rotatable bonds is 2. The zero-order chi connectivity index (χ0) is 12.8. The molecule has 6 heteroatoms. The predicted octanol–water partition coefficient (Wildman–Crippen LogP) is 0.481. The average molecular weight is 263 g/mol. The van der Waals surface area contributed by atoms with Crippen LogP contribution in [0, 0.1) is 17.7 Å². The Morgan fingerprint density at radius 1 is 1.16 bits per heavy atom. The van der Waals surface area contributed by atoms with Gasteiger partial charge < -0.3 is 15.1 Å². The summed E-state index contributed by atoms with van der Waals surface area (Å²) in [6.07, 6.45) is 2.64. The van der Waals surface area contributed by atoms with E-state index in [9.17, 15) is 4.39 Å². The molecule has 3 aliphatic rings. The maximum Gasteiger partial charge on any atom is 0.227 e. The second-order valence-corrected chi connectivity index (χ2v) is 5.74. The fraction of sp³-hybridized carbons (Fsp3) is 0.692. The lowest BCUT2D eigenvalue weighted by Crippen LogP contribution is -2.44. The topological polar surface area (TPSA) is 44.3 Å². The number of piperidine rings is 1. The summed E-state index contributed by atoms with van der Waals surface area (Å²) in [5, 5.41) is 3.30. The van der Waals surface area contributed by atoms with Gasteiger partial charge in [0.1, 0.15) is 0 Å². The maximum absolute atomic E-state index is 13.9. The van der Waals surface area contributed by atoms with Crippen molar-refractivity contribution in [3.63, 3.8) is 0 Å². The number of aromatic nitrogens is 2. The minimum absolute atomic E-state index is 0.291. The van der Waals surface area contributed by atoms with Gasteiger partial charge in [-0.2, -0.15) is 4.98 Å². The highest BCUT2D eigenvalue weighted by Crippen LogP contribution is 2.46. The summed E-state index contributed by atoms with van der Waals surface area (Å²) < 4.78 is 13.9. The van der Waals surface area contributed by atoms with Crippen LogP contribution in [0.15, 0.2) is 6.20 Å². The van der Waals surface area contributed by atoms with Crippen molar-refractivity contribution in [1.82, 2.24) is 15.3 Å². The van der Waals surface area contributed by atoms with Crippen LogP contribution in [0.5, 0.6) is 0 Å². The van der Waals surface area contributed by atoms with Gasteiger partial charge in [-0.15, -0.1) is 0 Å². The fourth-order valence-electron chi connectivity index (χ4n) is 3.16. The van der Waals surface area contributed by atoms with Gasteiger partial charge in [0.2, 0.25) is 5.95 Å². The highest BCUT2D eigenvalue weighted by Gasteiger charge is 2.46. The van der Waals surface area contributed by atoms with Gasteiger partial charge in [-0.25, -0.2) is 9.37 Å². The number of nitrogens with one attached hydrogen (secondary N) is 1. The maximum atomic E-state index is 13.9. The van der Waals surface area contributed by atoms with Gasteiger partial charge in [0.05, 0.1) is 6.20 Å². The van der Waals surface area contributed by atoms with E-state index in [0.29, 0.717) is 11.8 Å². The van der Waals surface area contributed by atoms with Gasteiger partial charge in [0.15, 0.2) is 11.6 Å². The third kappa shape index (κ3) is 2.04. The first kappa shape index (κ1) is 11.4. The molecule has 0 spiro atoms. The fourth-order valence-corrected chi connectivity index (χ4v) is 3.16. The number of hydrogen-bond acceptors (Lipinski definition) is 5. The van der Waals surface area contributed by atoms with E-state index in [2.05, 4.69) is 25.1 Å². The lowest BCUT2D eigenvalue weighted by atomic mass is 10.4. The molecular weight excluding hydrogens is 245 g/mol. The second-order valence-electron chi connectivity index (χ2n) is 5.74. The number of nitrogens with zero attached hydrogens (tertiary/aromatic N) is 4. The summed E-state index contributed by atoms with van der Waals surface area (Å²) in [6, 6.07) is 0. The molecule has 0 radical (unpaired) electrons. The molecule has 1 aromatic rings. The molecule has 1 saturated carbocycles. The molecule has 5 nitrogen and oxygen atoms in total. The molecule has 102 valence electrons. The van der Waals surface area contributed by atoms with Crippen molar-refractivity contribution < 1.29 is 4.39 Å². The molecule has 4 rings (SSSR count). The van der Waals surface area contributed by atoms with E-state index in [1.54, 1.807) is 0 Å². The molecule has 2 atom stereocenters. The third-order valence-electron chi connectivity index (χ3n) is 4.39. The van der Waals surface area contributed by atoms with Gasteiger partial charge in [0, 0.05) is 39.3 Å². The van der Waals surface area contributed by atoms with Gasteiger partial charge in [0.25, 0.3) is 0 Å². The SMILES string of the molecule is Fc1cnc(N2CCNCC2)nc1N1CC2CC2C1. The standard InChI is InChI=1S/C13H18FN5/c14-11-6-16-13(18-3-1-15-2-4-18)17-12(11)19-7-9-5-10(9)8-19/h6,9-10,15H,1-5,7-8H2. The van der Waals surface area contributed by atoms with Crippen LogP contribution in [0.4, 0.5) is 16.2 Å². The van der Waals surface area contributed by atoms with Crippen molar-refractivity contribution in [2.45, 2.75) is 6.42 Å². The molecule has 1 N–H and O–H groups in total. The molecule has 2 saturated heterocycles. The van der Waals surface area contributed by atoms with Crippen molar-refractivity contribution >= 4 is 11.8 Å². The van der Waals surface area contributed by atoms with Crippen LogP contribution in [0.1, 0.15) is 6.42 Å². The van der Waals surface area contributed by atoms with E-state index in [0.717, 1.165) is 51.1 Å². The van der Waals surface area contributed by atoms with Crippen LogP contribution >= 0.6 is 0 Å². The van der Waals surface area contributed by atoms with Crippen molar-refractivity contribution in [1.29, 1.82) is 0 Å². The summed E-state index contributed by atoms with van der Waals surface area (Å²) in [4.78, 5) is 12.8. The number of hydrogen-bond donors (Lipinski definition) is 1.